The molecule has 0 aliphatic heterocycles. The van der Waals surface area contributed by atoms with Crippen LogP contribution >= 0.6 is 0 Å². The Bertz CT molecular complexity index is 807. The number of methoxy groups -OCH3 is 1. The third-order valence-corrected chi connectivity index (χ3v) is 5.28. The fraction of sp³-hybridized carbons (Fsp3) is 0.222. The summed E-state index contributed by atoms with van der Waals surface area (Å²) in [5.41, 5.74) is 2.14. The van der Waals surface area contributed by atoms with Gasteiger partial charge in [0.25, 0.3) is 10.0 Å². The lowest BCUT2D eigenvalue weighted by atomic mass is 10.2. The molecule has 2 rings (SSSR count). The Morgan fingerprint density at radius 1 is 1.04 bits per heavy atom. The van der Waals surface area contributed by atoms with Crippen molar-refractivity contribution in [1.82, 2.24) is 9.62 Å². The van der Waals surface area contributed by atoms with E-state index < -0.39 is 10.0 Å². The molecule has 6 heteroatoms. The zero-order valence-corrected chi connectivity index (χ0v) is 14.5. The lowest BCUT2D eigenvalue weighted by molar-refractivity contribution is 0.414. The van der Waals surface area contributed by atoms with Crippen molar-refractivity contribution in [3.05, 3.63) is 59.7 Å². The van der Waals surface area contributed by atoms with Crippen LogP contribution in [0.3, 0.4) is 0 Å². The molecule has 126 valence electrons. The second-order valence-electron chi connectivity index (χ2n) is 5.20. The number of ether oxygens (including phenoxy) is 1. The molecular weight excluding hydrogens is 324 g/mol. The molecule has 2 aromatic rings. The third-order valence-electron chi connectivity index (χ3n) is 3.58. The maximum absolute atomic E-state index is 12.1. The molecule has 0 atom stereocenters. The molecule has 0 aliphatic carbocycles. The highest BCUT2D eigenvalue weighted by molar-refractivity contribution is 7.89. The standard InChI is InChI=1S/C18H20N2O3S/c1-4-20(2)24(21,22)18-11-7-16(8-12-18)14-19-13-15-5-9-17(23-3)10-6-15/h1,5-12,19H,13-14H2,2-3H3. The van der Waals surface area contributed by atoms with Gasteiger partial charge in [0, 0.05) is 26.2 Å². The Morgan fingerprint density at radius 3 is 2.00 bits per heavy atom. The summed E-state index contributed by atoms with van der Waals surface area (Å²) < 4.78 is 30.2. The van der Waals surface area contributed by atoms with Crippen molar-refractivity contribution in [2.24, 2.45) is 0 Å². The normalized spacial score (nSPS) is 10.9. The predicted molar refractivity (Wildman–Crippen MR) is 93.8 cm³/mol. The second kappa shape index (κ2) is 7.86. The van der Waals surface area contributed by atoms with E-state index in [0.29, 0.717) is 13.1 Å². The number of benzene rings is 2. The number of sulfonamides is 1. The Balaban J connectivity index is 1.93. The molecule has 0 amide bonds. The Kier molecular flexibility index (Phi) is 5.85. The Morgan fingerprint density at radius 2 is 1.54 bits per heavy atom. The molecular formula is C18H20N2O3S. The highest BCUT2D eigenvalue weighted by Gasteiger charge is 2.17. The average molecular weight is 344 g/mol. The minimum atomic E-state index is -3.61. The summed E-state index contributed by atoms with van der Waals surface area (Å²) in [6.45, 7) is 1.35. The van der Waals surface area contributed by atoms with E-state index >= 15 is 0 Å². The van der Waals surface area contributed by atoms with Crippen LogP contribution in [0, 0.1) is 12.5 Å². The van der Waals surface area contributed by atoms with Crippen LogP contribution in [-0.2, 0) is 23.1 Å². The van der Waals surface area contributed by atoms with Gasteiger partial charge in [0.2, 0.25) is 0 Å². The summed E-state index contributed by atoms with van der Waals surface area (Å²) in [7, 11) is -0.627. The van der Waals surface area contributed by atoms with E-state index in [1.54, 1.807) is 31.4 Å². The molecule has 2 aromatic carbocycles. The largest absolute Gasteiger partial charge is 0.497 e. The molecule has 0 spiro atoms. The van der Waals surface area contributed by atoms with Gasteiger partial charge in [0.05, 0.1) is 12.0 Å². The van der Waals surface area contributed by atoms with E-state index in [1.807, 2.05) is 24.3 Å². The van der Waals surface area contributed by atoms with Crippen LogP contribution in [0.2, 0.25) is 0 Å². The summed E-state index contributed by atoms with van der Waals surface area (Å²) in [4.78, 5) is 0.182. The minimum absolute atomic E-state index is 0.182. The zero-order chi connectivity index (χ0) is 17.6. The monoisotopic (exact) mass is 344 g/mol. The number of nitrogens with zero attached hydrogens (tertiary/aromatic N) is 1. The number of hydrogen-bond donors (Lipinski definition) is 1. The second-order valence-corrected chi connectivity index (χ2v) is 7.17. The first-order valence-electron chi connectivity index (χ1n) is 7.35. The number of rotatable bonds is 7. The molecule has 0 aromatic heterocycles. The molecule has 0 saturated heterocycles. The van der Waals surface area contributed by atoms with Crippen molar-refractivity contribution in [2.45, 2.75) is 18.0 Å². The topological polar surface area (TPSA) is 58.6 Å². The van der Waals surface area contributed by atoms with Crippen LogP contribution in [0.5, 0.6) is 5.75 Å². The van der Waals surface area contributed by atoms with E-state index in [-0.39, 0.29) is 4.90 Å². The van der Waals surface area contributed by atoms with E-state index in [9.17, 15) is 8.42 Å². The number of nitrogens with one attached hydrogen (secondary N) is 1. The first kappa shape index (κ1) is 17.9. The molecule has 0 fully saturated rings. The molecule has 0 heterocycles. The maximum Gasteiger partial charge on any atom is 0.270 e. The number of terminal acetylenes is 1. The van der Waals surface area contributed by atoms with Gasteiger partial charge in [-0.25, -0.2) is 12.7 Å². The van der Waals surface area contributed by atoms with Crippen LogP contribution in [0.4, 0.5) is 0 Å². The van der Waals surface area contributed by atoms with E-state index in [1.165, 1.54) is 7.05 Å². The molecule has 0 unspecified atom stereocenters. The van der Waals surface area contributed by atoms with Gasteiger partial charge in [-0.2, -0.15) is 0 Å². The van der Waals surface area contributed by atoms with Crippen molar-refractivity contribution in [1.29, 1.82) is 0 Å². The van der Waals surface area contributed by atoms with Gasteiger partial charge in [-0.3, -0.25) is 0 Å². The van der Waals surface area contributed by atoms with Crippen molar-refractivity contribution in [3.8, 4) is 18.2 Å². The highest BCUT2D eigenvalue weighted by Crippen LogP contribution is 2.15. The zero-order valence-electron chi connectivity index (χ0n) is 13.7. The first-order valence-corrected chi connectivity index (χ1v) is 8.79. The van der Waals surface area contributed by atoms with E-state index in [0.717, 1.165) is 21.2 Å². The maximum atomic E-state index is 12.1. The quantitative estimate of drug-likeness (QED) is 0.618. The van der Waals surface area contributed by atoms with E-state index in [2.05, 4.69) is 11.4 Å². The smallest absolute Gasteiger partial charge is 0.270 e. The Labute approximate surface area is 143 Å². The van der Waals surface area contributed by atoms with Crippen LogP contribution in [0.15, 0.2) is 53.4 Å². The summed E-state index contributed by atoms with van der Waals surface area (Å²) in [6.07, 6.45) is 5.14. The van der Waals surface area contributed by atoms with Gasteiger partial charge in [-0.15, -0.1) is 0 Å². The first-order chi connectivity index (χ1) is 11.5. The molecule has 0 radical (unpaired) electrons. The van der Waals surface area contributed by atoms with Crippen LogP contribution in [0.25, 0.3) is 0 Å². The predicted octanol–water partition coefficient (Wildman–Crippen LogP) is 2.20. The fourth-order valence-electron chi connectivity index (χ4n) is 2.10. The lowest BCUT2D eigenvalue weighted by Gasteiger charge is -2.12. The van der Waals surface area contributed by atoms with Gasteiger partial charge in [-0.1, -0.05) is 30.7 Å². The van der Waals surface area contributed by atoms with Crippen LogP contribution < -0.4 is 10.1 Å². The SMILES string of the molecule is C#CN(C)S(=O)(=O)c1ccc(CNCc2ccc(OC)cc2)cc1. The minimum Gasteiger partial charge on any atom is -0.497 e. The van der Waals surface area contributed by atoms with Gasteiger partial charge in [-0.05, 0) is 35.4 Å². The fourth-order valence-corrected chi connectivity index (χ4v) is 3.04. The van der Waals surface area contributed by atoms with Gasteiger partial charge < -0.3 is 10.1 Å². The average Bonchev–Trinajstić information content (AvgIpc) is 2.62. The molecule has 0 aliphatic rings. The van der Waals surface area contributed by atoms with Gasteiger partial charge in [0.1, 0.15) is 5.75 Å². The Hall–Kier alpha value is -2.49. The van der Waals surface area contributed by atoms with Gasteiger partial charge in [0.15, 0.2) is 0 Å². The summed E-state index contributed by atoms with van der Waals surface area (Å²) in [5.74, 6) is 0.826. The summed E-state index contributed by atoms with van der Waals surface area (Å²) in [5, 5.41) is 3.31. The lowest BCUT2D eigenvalue weighted by Crippen LogP contribution is -2.21. The van der Waals surface area contributed by atoms with Crippen molar-refractivity contribution in [3.63, 3.8) is 0 Å². The van der Waals surface area contributed by atoms with Gasteiger partial charge >= 0.3 is 0 Å². The third kappa shape index (κ3) is 4.28. The van der Waals surface area contributed by atoms with Crippen LogP contribution in [-0.4, -0.2) is 26.9 Å². The highest BCUT2D eigenvalue weighted by atomic mass is 32.2. The molecule has 24 heavy (non-hydrogen) atoms. The van der Waals surface area contributed by atoms with Crippen molar-refractivity contribution >= 4 is 10.0 Å². The molecule has 0 bridgehead atoms. The van der Waals surface area contributed by atoms with E-state index in [4.69, 9.17) is 11.2 Å². The molecule has 0 saturated carbocycles. The summed E-state index contributed by atoms with van der Waals surface area (Å²) >= 11 is 0. The molecule has 1 N–H and O–H groups in total. The number of hydrogen-bond acceptors (Lipinski definition) is 4. The summed E-state index contributed by atoms with van der Waals surface area (Å²) in [6, 6.07) is 16.6. The molecule has 5 nitrogen and oxygen atoms in total. The van der Waals surface area contributed by atoms with Crippen LogP contribution in [0.1, 0.15) is 11.1 Å². The van der Waals surface area contributed by atoms with Crippen molar-refractivity contribution in [2.75, 3.05) is 14.2 Å². The van der Waals surface area contributed by atoms with Crippen molar-refractivity contribution < 1.29 is 13.2 Å².